The van der Waals surface area contributed by atoms with E-state index < -0.39 is 6.04 Å². The summed E-state index contributed by atoms with van der Waals surface area (Å²) in [5.74, 6) is -0.472. The number of rotatable bonds is 2. The molecule has 1 fully saturated rings. The SMILES string of the molecule is NC1CCC(=O)N(Cc2cn3ccsc3n2)C1=O. The van der Waals surface area contributed by atoms with Gasteiger partial charge in [-0.25, -0.2) is 4.98 Å². The Morgan fingerprint density at radius 2 is 2.33 bits per heavy atom. The standard InChI is InChI=1S/C11H12N4O2S/c12-8-1-2-9(16)15(10(8)17)6-7-5-14-3-4-18-11(14)13-7/h3-5,8H,1-2,6,12H2. The molecular weight excluding hydrogens is 252 g/mol. The molecule has 1 atom stereocenters. The van der Waals surface area contributed by atoms with Crippen LogP contribution in [0.3, 0.4) is 0 Å². The van der Waals surface area contributed by atoms with Crippen molar-refractivity contribution in [3.8, 4) is 0 Å². The molecule has 2 aromatic rings. The molecule has 0 aliphatic carbocycles. The number of hydrogen-bond donors (Lipinski definition) is 1. The molecule has 3 heterocycles. The van der Waals surface area contributed by atoms with Crippen molar-refractivity contribution < 1.29 is 9.59 Å². The monoisotopic (exact) mass is 264 g/mol. The Bertz CT molecular complexity index is 589. The molecule has 2 aromatic heterocycles. The highest BCUT2D eigenvalue weighted by Gasteiger charge is 2.32. The van der Waals surface area contributed by atoms with Gasteiger partial charge in [-0.15, -0.1) is 11.3 Å². The van der Waals surface area contributed by atoms with Gasteiger partial charge in [-0.2, -0.15) is 0 Å². The van der Waals surface area contributed by atoms with Crippen LogP contribution in [0.4, 0.5) is 0 Å². The molecule has 94 valence electrons. The summed E-state index contributed by atoms with van der Waals surface area (Å²) in [5, 5.41) is 1.93. The number of nitrogens with two attached hydrogens (primary N) is 1. The predicted octanol–water partition coefficient (Wildman–Crippen LogP) is 0.372. The molecule has 6 nitrogen and oxygen atoms in total. The molecule has 2 N–H and O–H groups in total. The van der Waals surface area contributed by atoms with E-state index in [4.69, 9.17) is 5.73 Å². The summed E-state index contributed by atoms with van der Waals surface area (Å²) < 4.78 is 1.87. The van der Waals surface area contributed by atoms with Gasteiger partial charge in [0.1, 0.15) is 0 Å². The number of amides is 2. The van der Waals surface area contributed by atoms with Crippen LogP contribution in [0.5, 0.6) is 0 Å². The fraction of sp³-hybridized carbons (Fsp3) is 0.364. The molecule has 1 saturated heterocycles. The number of thiazole rings is 1. The molecule has 1 unspecified atom stereocenters. The molecule has 0 bridgehead atoms. The lowest BCUT2D eigenvalue weighted by molar-refractivity contribution is -0.149. The van der Waals surface area contributed by atoms with Gasteiger partial charge in [-0.1, -0.05) is 0 Å². The van der Waals surface area contributed by atoms with E-state index in [1.54, 1.807) is 0 Å². The van der Waals surface area contributed by atoms with Crippen LogP contribution in [-0.4, -0.2) is 32.1 Å². The summed E-state index contributed by atoms with van der Waals surface area (Å²) >= 11 is 1.51. The van der Waals surface area contributed by atoms with Gasteiger partial charge in [-0.05, 0) is 6.42 Å². The van der Waals surface area contributed by atoms with Gasteiger partial charge >= 0.3 is 0 Å². The maximum absolute atomic E-state index is 11.8. The minimum absolute atomic E-state index is 0.168. The number of nitrogens with zero attached hydrogens (tertiary/aromatic N) is 3. The summed E-state index contributed by atoms with van der Waals surface area (Å²) in [7, 11) is 0. The molecule has 2 amide bonds. The smallest absolute Gasteiger partial charge is 0.246 e. The molecular formula is C11H12N4O2S. The lowest BCUT2D eigenvalue weighted by Gasteiger charge is -2.27. The average Bonchev–Trinajstić information content (AvgIpc) is 2.90. The first-order valence-electron chi connectivity index (χ1n) is 5.66. The highest BCUT2D eigenvalue weighted by Crippen LogP contribution is 2.17. The summed E-state index contributed by atoms with van der Waals surface area (Å²) in [6.07, 6.45) is 4.48. The highest BCUT2D eigenvalue weighted by molar-refractivity contribution is 7.15. The Hall–Kier alpha value is -1.73. The molecule has 0 spiro atoms. The first-order chi connectivity index (χ1) is 8.65. The zero-order valence-electron chi connectivity index (χ0n) is 9.57. The Kier molecular flexibility index (Phi) is 2.64. The van der Waals surface area contributed by atoms with E-state index in [0.29, 0.717) is 18.5 Å². The highest BCUT2D eigenvalue weighted by atomic mass is 32.1. The number of piperidine rings is 1. The second-order valence-electron chi connectivity index (χ2n) is 4.29. The summed E-state index contributed by atoms with van der Waals surface area (Å²) in [6, 6.07) is -0.563. The van der Waals surface area contributed by atoms with E-state index >= 15 is 0 Å². The topological polar surface area (TPSA) is 80.7 Å². The van der Waals surface area contributed by atoms with Crippen LogP contribution in [0.2, 0.25) is 0 Å². The Morgan fingerprint density at radius 1 is 1.50 bits per heavy atom. The lowest BCUT2D eigenvalue weighted by atomic mass is 10.1. The molecule has 0 aromatic carbocycles. The largest absolute Gasteiger partial charge is 0.320 e. The summed E-state index contributed by atoms with van der Waals surface area (Å²) in [4.78, 5) is 30.0. The van der Waals surface area contributed by atoms with E-state index in [0.717, 1.165) is 4.96 Å². The van der Waals surface area contributed by atoms with Gasteiger partial charge in [0, 0.05) is 24.2 Å². The van der Waals surface area contributed by atoms with Crippen molar-refractivity contribution in [3.05, 3.63) is 23.5 Å². The maximum atomic E-state index is 11.8. The molecule has 18 heavy (non-hydrogen) atoms. The van der Waals surface area contributed by atoms with Crippen LogP contribution in [0.1, 0.15) is 18.5 Å². The van der Waals surface area contributed by atoms with E-state index in [1.807, 2.05) is 22.2 Å². The van der Waals surface area contributed by atoms with Crippen LogP contribution in [0, 0.1) is 0 Å². The zero-order chi connectivity index (χ0) is 12.7. The third kappa shape index (κ3) is 1.81. The number of carbonyl (C=O) groups excluding carboxylic acids is 2. The van der Waals surface area contributed by atoms with Crippen LogP contribution in [0.25, 0.3) is 4.96 Å². The van der Waals surface area contributed by atoms with Gasteiger partial charge in [0.25, 0.3) is 0 Å². The number of aromatic nitrogens is 2. The van der Waals surface area contributed by atoms with Gasteiger partial charge in [-0.3, -0.25) is 18.9 Å². The van der Waals surface area contributed by atoms with Gasteiger partial charge in [0.2, 0.25) is 11.8 Å². The Balaban J connectivity index is 1.84. The predicted molar refractivity (Wildman–Crippen MR) is 65.8 cm³/mol. The molecule has 1 aliphatic rings. The summed E-state index contributed by atoms with van der Waals surface area (Å²) in [6.45, 7) is 0.208. The molecule has 0 saturated carbocycles. The van der Waals surface area contributed by atoms with Gasteiger partial charge in [0.15, 0.2) is 4.96 Å². The molecule has 7 heteroatoms. The Labute approximate surface area is 107 Å². The molecule has 0 radical (unpaired) electrons. The van der Waals surface area contributed by atoms with Crippen molar-refractivity contribution in [2.24, 2.45) is 5.73 Å². The first kappa shape index (κ1) is 11.4. The second kappa shape index (κ2) is 4.18. The van der Waals surface area contributed by atoms with Crippen molar-refractivity contribution >= 4 is 28.1 Å². The van der Waals surface area contributed by atoms with E-state index in [-0.39, 0.29) is 18.4 Å². The van der Waals surface area contributed by atoms with E-state index in [9.17, 15) is 9.59 Å². The fourth-order valence-electron chi connectivity index (χ4n) is 2.04. The number of imide groups is 1. The van der Waals surface area contributed by atoms with Crippen LogP contribution in [-0.2, 0) is 16.1 Å². The van der Waals surface area contributed by atoms with Crippen molar-refractivity contribution in [1.29, 1.82) is 0 Å². The Morgan fingerprint density at radius 3 is 3.11 bits per heavy atom. The number of likely N-dealkylation sites (tertiary alicyclic amines) is 1. The van der Waals surface area contributed by atoms with Gasteiger partial charge in [0.05, 0.1) is 18.3 Å². The maximum Gasteiger partial charge on any atom is 0.246 e. The third-order valence-corrected chi connectivity index (χ3v) is 3.79. The van der Waals surface area contributed by atoms with Gasteiger partial charge < -0.3 is 5.73 Å². The first-order valence-corrected chi connectivity index (χ1v) is 6.54. The fourth-order valence-corrected chi connectivity index (χ4v) is 2.76. The lowest BCUT2D eigenvalue weighted by Crippen LogP contribution is -2.50. The minimum Gasteiger partial charge on any atom is -0.320 e. The van der Waals surface area contributed by atoms with Crippen molar-refractivity contribution in [1.82, 2.24) is 14.3 Å². The quantitative estimate of drug-likeness (QED) is 0.795. The van der Waals surface area contributed by atoms with Crippen LogP contribution >= 0.6 is 11.3 Å². The van der Waals surface area contributed by atoms with Crippen molar-refractivity contribution in [2.75, 3.05) is 0 Å². The minimum atomic E-state index is -0.563. The number of carbonyl (C=O) groups is 2. The zero-order valence-corrected chi connectivity index (χ0v) is 10.4. The number of fused-ring (bicyclic) bond motifs is 1. The number of imidazole rings is 1. The molecule has 3 rings (SSSR count). The molecule has 1 aliphatic heterocycles. The van der Waals surface area contributed by atoms with E-state index in [2.05, 4.69) is 4.98 Å². The normalized spacial score (nSPS) is 20.9. The summed E-state index contributed by atoms with van der Waals surface area (Å²) in [5.41, 5.74) is 6.38. The van der Waals surface area contributed by atoms with Crippen LogP contribution in [0.15, 0.2) is 17.8 Å². The van der Waals surface area contributed by atoms with E-state index in [1.165, 1.54) is 16.2 Å². The average molecular weight is 264 g/mol. The van der Waals surface area contributed by atoms with Crippen molar-refractivity contribution in [2.45, 2.75) is 25.4 Å². The third-order valence-electron chi connectivity index (χ3n) is 3.02. The van der Waals surface area contributed by atoms with Crippen LogP contribution < -0.4 is 5.73 Å². The van der Waals surface area contributed by atoms with Crippen molar-refractivity contribution in [3.63, 3.8) is 0 Å². The second-order valence-corrected chi connectivity index (χ2v) is 5.16. The number of hydrogen-bond acceptors (Lipinski definition) is 5.